The number of nitrogens with one attached hydrogen (secondary N) is 1. The number of H-pyrrole nitrogens is 1. The van der Waals surface area contributed by atoms with Crippen molar-refractivity contribution in [2.24, 2.45) is 5.92 Å². The maximum absolute atomic E-state index is 12.4. The summed E-state index contributed by atoms with van der Waals surface area (Å²) in [7, 11) is 0. The molecule has 0 atom stereocenters. The number of benzene rings is 1. The summed E-state index contributed by atoms with van der Waals surface area (Å²) in [6, 6.07) is 10.7. The second-order valence-electron chi connectivity index (χ2n) is 7.08. The average Bonchev–Trinajstić information content (AvgIpc) is 3.39. The molecular formula is C19H24N4OS. The van der Waals surface area contributed by atoms with Crippen LogP contribution < -0.4 is 0 Å². The second-order valence-corrected chi connectivity index (χ2v) is 8.02. The van der Waals surface area contributed by atoms with E-state index in [2.05, 4.69) is 45.5 Å². The lowest BCUT2D eigenvalue weighted by Gasteiger charge is -2.32. The van der Waals surface area contributed by atoms with Crippen molar-refractivity contribution in [2.45, 2.75) is 43.2 Å². The molecule has 25 heavy (non-hydrogen) atoms. The number of hydrogen-bond donors (Lipinski definition) is 1. The predicted molar refractivity (Wildman–Crippen MR) is 98.5 cm³/mol. The number of hydrogen-bond acceptors (Lipinski definition) is 4. The van der Waals surface area contributed by atoms with E-state index in [1.54, 1.807) is 0 Å². The number of rotatable bonds is 6. The van der Waals surface area contributed by atoms with Crippen LogP contribution in [-0.4, -0.2) is 44.8 Å². The van der Waals surface area contributed by atoms with E-state index in [1.165, 1.54) is 30.2 Å². The summed E-state index contributed by atoms with van der Waals surface area (Å²) in [5.41, 5.74) is 1.40. The van der Waals surface area contributed by atoms with Crippen LogP contribution in [0.5, 0.6) is 0 Å². The molecular weight excluding hydrogens is 332 g/mol. The quantitative estimate of drug-likeness (QED) is 0.807. The van der Waals surface area contributed by atoms with Gasteiger partial charge in [0.25, 0.3) is 0 Å². The molecule has 1 N–H and O–H groups in total. The molecule has 0 spiro atoms. The van der Waals surface area contributed by atoms with Gasteiger partial charge in [-0.3, -0.25) is 9.89 Å². The van der Waals surface area contributed by atoms with E-state index in [0.717, 1.165) is 38.2 Å². The van der Waals surface area contributed by atoms with Crippen molar-refractivity contribution in [1.82, 2.24) is 20.1 Å². The number of aromatic nitrogens is 3. The van der Waals surface area contributed by atoms with E-state index in [0.29, 0.717) is 22.7 Å². The van der Waals surface area contributed by atoms with E-state index < -0.39 is 0 Å². The summed E-state index contributed by atoms with van der Waals surface area (Å²) in [5.74, 6) is 2.89. The van der Waals surface area contributed by atoms with Crippen LogP contribution in [0.4, 0.5) is 0 Å². The van der Waals surface area contributed by atoms with Gasteiger partial charge in [0, 0.05) is 19.0 Å². The number of likely N-dealkylation sites (tertiary alicyclic amines) is 1. The van der Waals surface area contributed by atoms with Gasteiger partial charge in [-0.05, 0) is 43.6 Å². The molecule has 5 nitrogen and oxygen atoms in total. The molecule has 0 unspecified atom stereocenters. The summed E-state index contributed by atoms with van der Waals surface area (Å²) in [4.78, 5) is 18.9. The molecule has 1 saturated carbocycles. The molecule has 0 bridgehead atoms. The molecule has 1 aromatic heterocycles. The summed E-state index contributed by atoms with van der Waals surface area (Å²) < 4.78 is 0. The molecule has 2 aromatic rings. The zero-order valence-corrected chi connectivity index (χ0v) is 15.2. The van der Waals surface area contributed by atoms with Gasteiger partial charge in [0.15, 0.2) is 0 Å². The third-order valence-corrected chi connectivity index (χ3v) is 5.94. The lowest BCUT2D eigenvalue weighted by atomic mass is 9.90. The Morgan fingerprint density at radius 3 is 2.64 bits per heavy atom. The van der Waals surface area contributed by atoms with Gasteiger partial charge in [-0.2, -0.15) is 0 Å². The van der Waals surface area contributed by atoms with Crippen LogP contribution in [-0.2, 0) is 11.2 Å². The number of piperidine rings is 1. The third-order valence-electron chi connectivity index (χ3n) is 5.11. The highest BCUT2D eigenvalue weighted by atomic mass is 32.2. The minimum Gasteiger partial charge on any atom is -0.342 e. The van der Waals surface area contributed by atoms with Crippen LogP contribution in [0.3, 0.4) is 0 Å². The maximum Gasteiger partial charge on any atom is 0.233 e. The van der Waals surface area contributed by atoms with Gasteiger partial charge in [0.05, 0.1) is 5.75 Å². The Labute approximate surface area is 152 Å². The number of amides is 1. The van der Waals surface area contributed by atoms with Crippen molar-refractivity contribution >= 4 is 17.7 Å². The molecule has 2 heterocycles. The monoisotopic (exact) mass is 356 g/mol. The van der Waals surface area contributed by atoms with Gasteiger partial charge in [0.1, 0.15) is 5.82 Å². The number of carbonyl (C=O) groups is 1. The highest BCUT2D eigenvalue weighted by Gasteiger charge is 2.27. The molecule has 1 amide bonds. The normalized spacial score (nSPS) is 18.5. The van der Waals surface area contributed by atoms with Gasteiger partial charge in [0.2, 0.25) is 11.1 Å². The summed E-state index contributed by atoms with van der Waals surface area (Å²) in [6.45, 7) is 1.75. The van der Waals surface area contributed by atoms with Crippen molar-refractivity contribution in [3.63, 3.8) is 0 Å². The van der Waals surface area contributed by atoms with Gasteiger partial charge in [-0.1, -0.05) is 42.1 Å². The van der Waals surface area contributed by atoms with Crippen molar-refractivity contribution < 1.29 is 4.79 Å². The van der Waals surface area contributed by atoms with E-state index in [9.17, 15) is 4.79 Å². The number of carbonyl (C=O) groups excluding carboxylic acids is 1. The Morgan fingerprint density at radius 2 is 1.92 bits per heavy atom. The van der Waals surface area contributed by atoms with Crippen LogP contribution in [0, 0.1) is 5.92 Å². The molecule has 2 fully saturated rings. The molecule has 0 radical (unpaired) electrons. The first-order valence-corrected chi connectivity index (χ1v) is 10.1. The molecule has 6 heteroatoms. The number of aromatic amines is 1. The van der Waals surface area contributed by atoms with Gasteiger partial charge < -0.3 is 4.90 Å². The molecule has 1 aliphatic heterocycles. The van der Waals surface area contributed by atoms with Crippen molar-refractivity contribution in [3.05, 3.63) is 41.7 Å². The van der Waals surface area contributed by atoms with Crippen LogP contribution in [0.1, 0.15) is 43.0 Å². The molecule has 1 aliphatic carbocycles. The summed E-state index contributed by atoms with van der Waals surface area (Å²) in [6.07, 6.45) is 5.72. The highest BCUT2D eigenvalue weighted by Crippen LogP contribution is 2.38. The standard InChI is InChI=1S/C19H24N4OS/c24-17(13-25-19-20-18(21-22-19)16-6-7-16)23-10-8-15(9-11-23)12-14-4-2-1-3-5-14/h1-5,15-16H,6-13H2,(H,20,21,22). The van der Waals surface area contributed by atoms with E-state index >= 15 is 0 Å². The Hall–Kier alpha value is -1.82. The smallest absolute Gasteiger partial charge is 0.233 e. The first-order valence-electron chi connectivity index (χ1n) is 9.15. The fourth-order valence-corrected chi connectivity index (χ4v) is 4.12. The fourth-order valence-electron chi connectivity index (χ4n) is 3.41. The van der Waals surface area contributed by atoms with Crippen molar-refractivity contribution in [3.8, 4) is 0 Å². The maximum atomic E-state index is 12.4. The Morgan fingerprint density at radius 1 is 1.16 bits per heavy atom. The van der Waals surface area contributed by atoms with Crippen LogP contribution >= 0.6 is 11.8 Å². The van der Waals surface area contributed by atoms with Crippen molar-refractivity contribution in [2.75, 3.05) is 18.8 Å². The first-order chi connectivity index (χ1) is 12.3. The summed E-state index contributed by atoms with van der Waals surface area (Å²) >= 11 is 1.45. The van der Waals surface area contributed by atoms with Gasteiger partial charge in [-0.25, -0.2) is 4.98 Å². The molecule has 1 aromatic carbocycles. The van der Waals surface area contributed by atoms with Crippen LogP contribution in [0.15, 0.2) is 35.5 Å². The summed E-state index contributed by atoms with van der Waals surface area (Å²) in [5, 5.41) is 7.91. The van der Waals surface area contributed by atoms with E-state index in [4.69, 9.17) is 0 Å². The zero-order valence-electron chi connectivity index (χ0n) is 14.4. The zero-order chi connectivity index (χ0) is 17.1. The van der Waals surface area contributed by atoms with E-state index in [-0.39, 0.29) is 5.91 Å². The highest BCUT2D eigenvalue weighted by molar-refractivity contribution is 7.99. The molecule has 2 aliphatic rings. The number of nitrogens with zero attached hydrogens (tertiary/aromatic N) is 3. The number of thioether (sulfide) groups is 1. The lowest BCUT2D eigenvalue weighted by molar-refractivity contribution is -0.129. The second kappa shape index (κ2) is 7.60. The predicted octanol–water partition coefficient (Wildman–Crippen LogP) is 3.26. The third kappa shape index (κ3) is 4.42. The van der Waals surface area contributed by atoms with Gasteiger partial charge >= 0.3 is 0 Å². The van der Waals surface area contributed by atoms with Crippen LogP contribution in [0.2, 0.25) is 0 Å². The minimum atomic E-state index is 0.209. The Balaban J connectivity index is 1.21. The lowest BCUT2D eigenvalue weighted by Crippen LogP contribution is -2.39. The van der Waals surface area contributed by atoms with Gasteiger partial charge in [-0.15, -0.1) is 5.10 Å². The van der Waals surface area contributed by atoms with E-state index in [1.807, 2.05) is 4.90 Å². The van der Waals surface area contributed by atoms with Crippen molar-refractivity contribution in [1.29, 1.82) is 0 Å². The largest absolute Gasteiger partial charge is 0.342 e. The Bertz CT molecular complexity index is 705. The topological polar surface area (TPSA) is 61.9 Å². The van der Waals surface area contributed by atoms with Crippen LogP contribution in [0.25, 0.3) is 0 Å². The molecule has 132 valence electrons. The SMILES string of the molecule is O=C(CSc1n[nH]c(C2CC2)n1)N1CCC(Cc2ccccc2)CC1. The molecule has 4 rings (SSSR count). The Kier molecular flexibility index (Phi) is 5.06. The minimum absolute atomic E-state index is 0.209. The fraction of sp³-hybridized carbons (Fsp3) is 0.526. The molecule has 1 saturated heterocycles. The first kappa shape index (κ1) is 16.6. The average molecular weight is 356 g/mol.